The maximum Gasteiger partial charge on any atom is 0.148 e. The molecule has 0 bridgehead atoms. The van der Waals surface area contributed by atoms with Crippen LogP contribution < -0.4 is 5.32 Å². The van der Waals surface area contributed by atoms with E-state index in [0.717, 1.165) is 12.3 Å². The van der Waals surface area contributed by atoms with Crippen molar-refractivity contribution in [2.24, 2.45) is 0 Å². The minimum absolute atomic E-state index is 0.0737. The zero-order chi connectivity index (χ0) is 11.0. The van der Waals surface area contributed by atoms with Crippen molar-refractivity contribution < 1.29 is 13.5 Å². The van der Waals surface area contributed by atoms with Crippen LogP contribution in [0.4, 0.5) is 0 Å². The summed E-state index contributed by atoms with van der Waals surface area (Å²) in [5.41, 5.74) is 0. The highest BCUT2D eigenvalue weighted by molar-refractivity contribution is 8.00. The van der Waals surface area contributed by atoms with Crippen LogP contribution in [0.1, 0.15) is 6.92 Å². The minimum Gasteiger partial charge on any atom is -0.395 e. The van der Waals surface area contributed by atoms with Gasteiger partial charge in [-0.15, -0.1) is 0 Å². The molecule has 0 radical (unpaired) electrons. The summed E-state index contributed by atoms with van der Waals surface area (Å²) >= 11 is 1.55. The predicted molar refractivity (Wildman–Crippen MR) is 61.6 cm³/mol. The van der Waals surface area contributed by atoms with Crippen molar-refractivity contribution in [3.63, 3.8) is 0 Å². The van der Waals surface area contributed by atoms with Gasteiger partial charge in [0.05, 0.1) is 12.4 Å². The molecular weight excluding hydrogens is 222 g/mol. The molecule has 0 saturated carbocycles. The topological polar surface area (TPSA) is 66.4 Å². The smallest absolute Gasteiger partial charge is 0.148 e. The number of thioether (sulfide) groups is 1. The average Bonchev–Trinajstić information content (AvgIpc) is 2.08. The zero-order valence-corrected chi connectivity index (χ0v) is 10.3. The van der Waals surface area contributed by atoms with E-state index in [2.05, 4.69) is 5.32 Å². The van der Waals surface area contributed by atoms with Crippen LogP contribution in [0.5, 0.6) is 0 Å². The third kappa shape index (κ3) is 8.80. The molecule has 1 unspecified atom stereocenters. The van der Waals surface area contributed by atoms with E-state index in [-0.39, 0.29) is 18.4 Å². The molecule has 0 rings (SSSR count). The van der Waals surface area contributed by atoms with Crippen LogP contribution in [-0.4, -0.2) is 56.2 Å². The van der Waals surface area contributed by atoms with E-state index < -0.39 is 9.84 Å². The molecule has 0 aromatic rings. The largest absolute Gasteiger partial charge is 0.395 e. The average molecular weight is 241 g/mol. The maximum atomic E-state index is 10.8. The van der Waals surface area contributed by atoms with Crippen molar-refractivity contribution >= 4 is 21.6 Å². The lowest BCUT2D eigenvalue weighted by molar-refractivity contribution is 0.255. The monoisotopic (exact) mass is 241 g/mol. The highest BCUT2D eigenvalue weighted by Gasteiger charge is 2.06. The number of likely N-dealkylation sites (N-methyl/N-ethyl adjacent to an activating group) is 1. The van der Waals surface area contributed by atoms with Crippen LogP contribution in [-0.2, 0) is 9.84 Å². The van der Waals surface area contributed by atoms with E-state index in [1.807, 2.05) is 6.92 Å². The van der Waals surface area contributed by atoms with Gasteiger partial charge in [0.15, 0.2) is 0 Å². The van der Waals surface area contributed by atoms with Crippen molar-refractivity contribution in [2.45, 2.75) is 13.0 Å². The van der Waals surface area contributed by atoms with E-state index in [4.69, 9.17) is 5.11 Å². The van der Waals surface area contributed by atoms with Gasteiger partial charge < -0.3 is 10.4 Å². The molecule has 6 heteroatoms. The van der Waals surface area contributed by atoms with Crippen molar-refractivity contribution in [1.82, 2.24) is 5.32 Å². The number of hydrogen-bond donors (Lipinski definition) is 2. The number of aliphatic hydroxyl groups is 1. The molecule has 0 aliphatic heterocycles. The third-order valence-electron chi connectivity index (χ3n) is 1.63. The Hall–Kier alpha value is 0.220. The maximum absolute atomic E-state index is 10.8. The normalized spacial score (nSPS) is 14.2. The van der Waals surface area contributed by atoms with Gasteiger partial charge in [0.25, 0.3) is 0 Å². The van der Waals surface area contributed by atoms with Crippen molar-refractivity contribution in [3.8, 4) is 0 Å². The van der Waals surface area contributed by atoms with E-state index in [1.165, 1.54) is 6.26 Å². The number of sulfone groups is 1. The molecule has 0 fully saturated rings. The fraction of sp³-hybridized carbons (Fsp3) is 1.00. The Morgan fingerprint density at radius 1 is 1.50 bits per heavy atom. The molecule has 0 aliphatic carbocycles. The summed E-state index contributed by atoms with van der Waals surface area (Å²) in [5.74, 6) is 1.56. The van der Waals surface area contributed by atoms with E-state index in [9.17, 15) is 8.42 Å². The summed E-state index contributed by atoms with van der Waals surface area (Å²) in [6.45, 7) is 2.89. The highest BCUT2D eigenvalue weighted by atomic mass is 32.2. The predicted octanol–water partition coefficient (Wildman–Crippen LogP) is -0.265. The lowest BCUT2D eigenvalue weighted by Gasteiger charge is -2.13. The Labute approximate surface area is 90.4 Å². The van der Waals surface area contributed by atoms with Crippen molar-refractivity contribution in [2.75, 3.05) is 36.7 Å². The van der Waals surface area contributed by atoms with Gasteiger partial charge in [-0.05, 0) is 6.54 Å². The van der Waals surface area contributed by atoms with Gasteiger partial charge in [-0.1, -0.05) is 6.92 Å². The van der Waals surface area contributed by atoms with Gasteiger partial charge in [-0.3, -0.25) is 0 Å². The molecule has 0 aromatic heterocycles. The van der Waals surface area contributed by atoms with Gasteiger partial charge in [-0.25, -0.2) is 8.42 Å². The van der Waals surface area contributed by atoms with Crippen LogP contribution in [0.15, 0.2) is 0 Å². The first-order chi connectivity index (χ1) is 6.49. The first-order valence-corrected chi connectivity index (χ1v) is 7.80. The number of aliphatic hydroxyl groups excluding tert-OH is 1. The highest BCUT2D eigenvalue weighted by Crippen LogP contribution is 2.03. The van der Waals surface area contributed by atoms with E-state index in [1.54, 1.807) is 11.8 Å². The second-order valence-corrected chi connectivity index (χ2v) is 6.55. The molecule has 1 atom stereocenters. The van der Waals surface area contributed by atoms with Gasteiger partial charge >= 0.3 is 0 Å². The zero-order valence-electron chi connectivity index (χ0n) is 8.69. The Balaban J connectivity index is 3.52. The van der Waals surface area contributed by atoms with Crippen LogP contribution >= 0.6 is 11.8 Å². The molecule has 2 N–H and O–H groups in total. The van der Waals surface area contributed by atoms with Crippen LogP contribution in [0, 0.1) is 0 Å². The number of rotatable bonds is 8. The van der Waals surface area contributed by atoms with Gasteiger partial charge in [0, 0.05) is 23.8 Å². The lowest BCUT2D eigenvalue weighted by atomic mass is 10.4. The summed E-state index contributed by atoms with van der Waals surface area (Å²) < 4.78 is 21.6. The second-order valence-electron chi connectivity index (χ2n) is 3.14. The third-order valence-corrected chi connectivity index (χ3v) is 3.97. The lowest BCUT2D eigenvalue weighted by Crippen LogP contribution is -2.34. The van der Waals surface area contributed by atoms with Crippen LogP contribution in [0.25, 0.3) is 0 Å². The molecule has 14 heavy (non-hydrogen) atoms. The van der Waals surface area contributed by atoms with Gasteiger partial charge in [-0.2, -0.15) is 11.8 Å². The Morgan fingerprint density at radius 3 is 2.57 bits per heavy atom. The molecular formula is C8H19NO3S2. The van der Waals surface area contributed by atoms with E-state index in [0.29, 0.717) is 5.75 Å². The number of nitrogens with one attached hydrogen (secondary N) is 1. The van der Waals surface area contributed by atoms with Crippen molar-refractivity contribution in [1.29, 1.82) is 0 Å². The fourth-order valence-electron chi connectivity index (χ4n) is 0.901. The summed E-state index contributed by atoms with van der Waals surface area (Å²) in [6, 6.07) is 0.0737. The van der Waals surface area contributed by atoms with Gasteiger partial charge in [0.2, 0.25) is 0 Å². The molecule has 0 amide bonds. The summed E-state index contributed by atoms with van der Waals surface area (Å²) in [6.07, 6.45) is 1.24. The molecule has 0 aromatic carbocycles. The second kappa shape index (κ2) is 7.50. The molecule has 0 aliphatic rings. The summed E-state index contributed by atoms with van der Waals surface area (Å²) in [7, 11) is -2.84. The van der Waals surface area contributed by atoms with Gasteiger partial charge in [0.1, 0.15) is 9.84 Å². The fourth-order valence-corrected chi connectivity index (χ4v) is 3.26. The Kier molecular flexibility index (Phi) is 7.62. The minimum atomic E-state index is -2.84. The number of hydrogen-bond acceptors (Lipinski definition) is 5. The molecule has 0 saturated heterocycles. The SMILES string of the molecule is CCNC(CO)CSCCS(C)(=O)=O. The van der Waals surface area contributed by atoms with E-state index >= 15 is 0 Å². The van der Waals surface area contributed by atoms with Crippen LogP contribution in [0.3, 0.4) is 0 Å². The van der Waals surface area contributed by atoms with Crippen LogP contribution in [0.2, 0.25) is 0 Å². The first-order valence-electron chi connectivity index (χ1n) is 4.59. The molecule has 4 nitrogen and oxygen atoms in total. The molecule has 0 spiro atoms. The Morgan fingerprint density at radius 2 is 2.14 bits per heavy atom. The summed E-state index contributed by atoms with van der Waals surface area (Å²) in [5, 5.41) is 12.0. The molecule has 86 valence electrons. The Bertz CT molecular complexity index is 229. The molecule has 0 heterocycles. The first kappa shape index (κ1) is 14.2. The standard InChI is InChI=1S/C8H19NO3S2/c1-3-9-8(6-10)7-13-4-5-14(2,11)12/h8-10H,3-7H2,1-2H3. The summed E-state index contributed by atoms with van der Waals surface area (Å²) in [4.78, 5) is 0. The quantitative estimate of drug-likeness (QED) is 0.573. The van der Waals surface area contributed by atoms with Crippen molar-refractivity contribution in [3.05, 3.63) is 0 Å².